The molecular formula is C33H34N2O5S. The number of hydrogen-bond acceptors (Lipinski definition) is 7. The van der Waals surface area contributed by atoms with Crippen LogP contribution in [0.25, 0.3) is 16.8 Å². The van der Waals surface area contributed by atoms with Crippen LogP contribution in [-0.4, -0.2) is 30.9 Å². The maximum Gasteiger partial charge on any atom is 0.338 e. The van der Waals surface area contributed by atoms with Crippen molar-refractivity contribution in [1.82, 2.24) is 4.57 Å². The maximum atomic E-state index is 14.2. The molecule has 0 saturated carbocycles. The van der Waals surface area contributed by atoms with Crippen molar-refractivity contribution in [3.63, 3.8) is 0 Å². The molecule has 2 heterocycles. The van der Waals surface area contributed by atoms with Gasteiger partial charge < -0.3 is 14.2 Å². The first-order valence-corrected chi connectivity index (χ1v) is 14.8. The molecular weight excluding hydrogens is 536 g/mol. The second-order valence-corrected chi connectivity index (χ2v) is 10.7. The normalized spacial score (nSPS) is 15.0. The molecule has 1 aliphatic rings. The van der Waals surface area contributed by atoms with Crippen LogP contribution in [0.15, 0.2) is 81.7 Å². The van der Waals surface area contributed by atoms with E-state index in [2.05, 4.69) is 6.92 Å². The average molecular weight is 571 g/mol. The number of ether oxygens (including phenoxy) is 3. The molecule has 4 aromatic rings. The molecule has 1 atom stereocenters. The Bertz CT molecular complexity index is 1780. The van der Waals surface area contributed by atoms with Crippen LogP contribution in [0.1, 0.15) is 57.2 Å². The van der Waals surface area contributed by atoms with Gasteiger partial charge in [-0.3, -0.25) is 9.36 Å². The number of allylic oxidation sites excluding steroid dienone is 1. The predicted octanol–water partition coefficient (Wildman–Crippen LogP) is 5.53. The van der Waals surface area contributed by atoms with Gasteiger partial charge >= 0.3 is 5.97 Å². The molecule has 8 heteroatoms. The van der Waals surface area contributed by atoms with Crippen molar-refractivity contribution >= 4 is 34.2 Å². The van der Waals surface area contributed by atoms with E-state index in [0.717, 1.165) is 40.5 Å². The van der Waals surface area contributed by atoms with Gasteiger partial charge in [-0.2, -0.15) is 0 Å². The Morgan fingerprint density at radius 2 is 1.80 bits per heavy atom. The topological polar surface area (TPSA) is 79.1 Å². The summed E-state index contributed by atoms with van der Waals surface area (Å²) in [5, 5.41) is 1.88. The minimum Gasteiger partial charge on any atom is -0.496 e. The number of methoxy groups -OCH3 is 1. The standard InChI is InChI=1S/C33H34N2O5S/c1-5-10-25-29(32(37)39-7-3)30(28-24-12-9-8-11-22(24)15-18-26(28)38-4)35-31(36)27(41-33(35)34-25)20-21-13-16-23(17-14-21)40-19-6-2/h8-9,11-18,20,30H,5-7,10,19H2,1-4H3/b27-20-/t30-/m1/s1. The second kappa shape index (κ2) is 12.6. The highest BCUT2D eigenvalue weighted by atomic mass is 32.1. The van der Waals surface area contributed by atoms with Gasteiger partial charge in [0.25, 0.3) is 5.56 Å². The van der Waals surface area contributed by atoms with Gasteiger partial charge in [-0.05, 0) is 60.4 Å². The molecule has 0 radical (unpaired) electrons. The van der Waals surface area contributed by atoms with E-state index in [4.69, 9.17) is 19.2 Å². The lowest BCUT2D eigenvalue weighted by Crippen LogP contribution is -2.40. The first kappa shape index (κ1) is 28.4. The number of carbonyl (C=O) groups excluding carboxylic acids is 1. The van der Waals surface area contributed by atoms with Crippen LogP contribution < -0.4 is 24.4 Å². The highest BCUT2D eigenvalue weighted by molar-refractivity contribution is 7.07. The van der Waals surface area contributed by atoms with E-state index in [-0.39, 0.29) is 12.2 Å². The SMILES string of the molecule is CCCOc1ccc(/C=c2\sc3n(c2=O)[C@H](c2c(OC)ccc4ccccc24)C(C(=O)OCC)=C(CCC)N=3)cc1. The molecule has 212 valence electrons. The quantitative estimate of drug-likeness (QED) is 0.234. The van der Waals surface area contributed by atoms with Crippen molar-refractivity contribution in [2.45, 2.75) is 46.1 Å². The summed E-state index contributed by atoms with van der Waals surface area (Å²) in [7, 11) is 1.60. The third-order valence-electron chi connectivity index (χ3n) is 6.97. The summed E-state index contributed by atoms with van der Waals surface area (Å²) in [4.78, 5) is 33.2. The highest BCUT2D eigenvalue weighted by Crippen LogP contribution is 2.41. The summed E-state index contributed by atoms with van der Waals surface area (Å²) in [5.41, 5.74) is 2.40. The number of rotatable bonds is 10. The smallest absolute Gasteiger partial charge is 0.338 e. The molecule has 0 bridgehead atoms. The van der Waals surface area contributed by atoms with Crippen LogP contribution in [0.3, 0.4) is 0 Å². The van der Waals surface area contributed by atoms with Crippen LogP contribution in [0.4, 0.5) is 0 Å². The predicted molar refractivity (Wildman–Crippen MR) is 162 cm³/mol. The van der Waals surface area contributed by atoms with Crippen LogP contribution in [-0.2, 0) is 9.53 Å². The fourth-order valence-corrected chi connectivity index (χ4v) is 6.18. The minimum atomic E-state index is -0.764. The van der Waals surface area contributed by atoms with Crippen LogP contribution in [0.5, 0.6) is 11.5 Å². The maximum absolute atomic E-state index is 14.2. The zero-order valence-electron chi connectivity index (χ0n) is 23.8. The molecule has 0 unspecified atom stereocenters. The highest BCUT2D eigenvalue weighted by Gasteiger charge is 2.37. The van der Waals surface area contributed by atoms with Gasteiger partial charge in [0.15, 0.2) is 4.80 Å². The second-order valence-electron chi connectivity index (χ2n) is 9.73. The number of nitrogens with zero attached hydrogens (tertiary/aromatic N) is 2. The number of hydrogen-bond donors (Lipinski definition) is 0. The average Bonchev–Trinajstić information content (AvgIpc) is 3.29. The zero-order valence-corrected chi connectivity index (χ0v) is 24.6. The summed E-state index contributed by atoms with van der Waals surface area (Å²) in [6.07, 6.45) is 4.14. The third kappa shape index (κ3) is 5.57. The van der Waals surface area contributed by atoms with E-state index in [1.807, 2.05) is 73.7 Å². The first-order valence-electron chi connectivity index (χ1n) is 14.0. The van der Waals surface area contributed by atoms with Crippen molar-refractivity contribution in [3.05, 3.63) is 103 Å². The molecule has 0 fully saturated rings. The molecule has 5 rings (SSSR count). The lowest BCUT2D eigenvalue weighted by Gasteiger charge is -2.28. The van der Waals surface area contributed by atoms with Gasteiger partial charge in [0.05, 0.1) is 36.1 Å². The summed E-state index contributed by atoms with van der Waals surface area (Å²) in [6, 6.07) is 18.7. The Morgan fingerprint density at radius 1 is 1.02 bits per heavy atom. The largest absolute Gasteiger partial charge is 0.496 e. The van der Waals surface area contributed by atoms with Gasteiger partial charge in [-0.15, -0.1) is 0 Å². The third-order valence-corrected chi connectivity index (χ3v) is 7.95. The van der Waals surface area contributed by atoms with Crippen molar-refractivity contribution in [3.8, 4) is 11.5 Å². The number of benzene rings is 3. The van der Waals surface area contributed by atoms with E-state index < -0.39 is 12.0 Å². The molecule has 0 spiro atoms. The Hall–Kier alpha value is -4.17. The monoisotopic (exact) mass is 570 g/mol. The Balaban J connectivity index is 1.78. The van der Waals surface area contributed by atoms with Gasteiger partial charge in [0.1, 0.15) is 17.5 Å². The molecule has 1 aromatic heterocycles. The summed E-state index contributed by atoms with van der Waals surface area (Å²) in [5.74, 6) is 0.902. The van der Waals surface area contributed by atoms with E-state index in [9.17, 15) is 9.59 Å². The van der Waals surface area contributed by atoms with Gasteiger partial charge in [0.2, 0.25) is 0 Å². The van der Waals surface area contributed by atoms with Crippen LogP contribution >= 0.6 is 11.3 Å². The molecule has 0 N–H and O–H groups in total. The van der Waals surface area contributed by atoms with Crippen molar-refractivity contribution < 1.29 is 19.0 Å². The molecule has 3 aromatic carbocycles. The molecule has 1 aliphatic heterocycles. The number of esters is 1. The number of carbonyl (C=O) groups is 1. The van der Waals surface area contributed by atoms with E-state index >= 15 is 0 Å². The van der Waals surface area contributed by atoms with Crippen LogP contribution in [0.2, 0.25) is 0 Å². The van der Waals surface area contributed by atoms with E-state index in [1.54, 1.807) is 18.6 Å². The number of fused-ring (bicyclic) bond motifs is 2. The lowest BCUT2D eigenvalue weighted by molar-refractivity contribution is -0.139. The van der Waals surface area contributed by atoms with Crippen molar-refractivity contribution in [2.24, 2.45) is 4.99 Å². The molecule has 0 aliphatic carbocycles. The molecule has 7 nitrogen and oxygen atoms in total. The zero-order chi connectivity index (χ0) is 28.9. The number of thiazole rings is 1. The van der Waals surface area contributed by atoms with Crippen molar-refractivity contribution in [1.29, 1.82) is 0 Å². The summed E-state index contributed by atoms with van der Waals surface area (Å²) < 4.78 is 19.3. The summed E-state index contributed by atoms with van der Waals surface area (Å²) >= 11 is 1.32. The molecule has 0 saturated heterocycles. The summed E-state index contributed by atoms with van der Waals surface area (Å²) in [6.45, 7) is 6.75. The van der Waals surface area contributed by atoms with Crippen LogP contribution in [0, 0.1) is 0 Å². The fraction of sp³-hybridized carbons (Fsp3) is 0.303. The van der Waals surface area contributed by atoms with Crippen molar-refractivity contribution in [2.75, 3.05) is 20.3 Å². The lowest BCUT2D eigenvalue weighted by atomic mass is 9.90. The minimum absolute atomic E-state index is 0.212. The van der Waals surface area contributed by atoms with Gasteiger partial charge in [-0.25, -0.2) is 9.79 Å². The van der Waals surface area contributed by atoms with E-state index in [1.165, 1.54) is 11.3 Å². The Kier molecular flexibility index (Phi) is 8.69. The Labute approximate surface area is 243 Å². The first-order chi connectivity index (χ1) is 20.0. The number of aromatic nitrogens is 1. The Morgan fingerprint density at radius 3 is 2.51 bits per heavy atom. The van der Waals surface area contributed by atoms with Gasteiger partial charge in [-0.1, -0.05) is 74.1 Å². The molecule has 0 amide bonds. The van der Waals surface area contributed by atoms with Gasteiger partial charge in [0, 0.05) is 5.56 Å². The molecule has 41 heavy (non-hydrogen) atoms. The fourth-order valence-electron chi connectivity index (χ4n) is 5.16. The van der Waals surface area contributed by atoms with E-state index in [0.29, 0.717) is 39.4 Å².